The Kier molecular flexibility index (Phi) is 6.15. The summed E-state index contributed by atoms with van der Waals surface area (Å²) in [5, 5.41) is 5.45. The van der Waals surface area contributed by atoms with Gasteiger partial charge < -0.3 is 24.8 Å². The highest BCUT2D eigenvalue weighted by atomic mass is 16.7. The van der Waals surface area contributed by atoms with E-state index < -0.39 is 11.8 Å². The normalized spacial score (nSPS) is 16.7. The standard InChI is InChI=1S/C22H25N3O5/c1-15-4-2-3-5-17(15)24-22(27)21(26)23-13-18(25-8-10-28-11-9-25)16-6-7-19-20(12-16)30-14-29-19/h2-7,12,18H,8-11,13-14H2,1H3,(H,23,26)(H,24,27). The summed E-state index contributed by atoms with van der Waals surface area (Å²) >= 11 is 0. The second-order valence-corrected chi connectivity index (χ2v) is 7.26. The highest BCUT2D eigenvalue weighted by molar-refractivity contribution is 6.39. The average molecular weight is 411 g/mol. The number of carbonyl (C=O) groups excluding carboxylic acids is 2. The molecule has 0 saturated carbocycles. The van der Waals surface area contributed by atoms with Gasteiger partial charge in [0.25, 0.3) is 0 Å². The van der Waals surface area contributed by atoms with E-state index in [0.717, 1.165) is 24.2 Å². The first kappa shape index (κ1) is 20.2. The molecule has 1 atom stereocenters. The molecule has 0 spiro atoms. The topological polar surface area (TPSA) is 89.1 Å². The number of carbonyl (C=O) groups is 2. The smallest absolute Gasteiger partial charge is 0.313 e. The summed E-state index contributed by atoms with van der Waals surface area (Å²) in [6, 6.07) is 13.0. The van der Waals surface area contributed by atoms with Crippen LogP contribution in [0.5, 0.6) is 11.5 Å². The van der Waals surface area contributed by atoms with Crippen molar-refractivity contribution in [2.75, 3.05) is 45.0 Å². The third kappa shape index (κ3) is 4.55. The van der Waals surface area contributed by atoms with Crippen molar-refractivity contribution < 1.29 is 23.8 Å². The Morgan fingerprint density at radius 2 is 1.80 bits per heavy atom. The summed E-state index contributed by atoms with van der Waals surface area (Å²) in [5.74, 6) is 0.0449. The van der Waals surface area contributed by atoms with Gasteiger partial charge in [-0.05, 0) is 36.2 Å². The molecule has 0 radical (unpaired) electrons. The first-order chi connectivity index (χ1) is 14.6. The Morgan fingerprint density at radius 3 is 2.60 bits per heavy atom. The zero-order chi connectivity index (χ0) is 20.9. The Hall–Kier alpha value is -3.10. The van der Waals surface area contributed by atoms with Gasteiger partial charge in [0.15, 0.2) is 11.5 Å². The molecule has 158 valence electrons. The molecule has 0 aliphatic carbocycles. The highest BCUT2D eigenvalue weighted by Gasteiger charge is 2.26. The van der Waals surface area contributed by atoms with E-state index in [1.54, 1.807) is 6.07 Å². The van der Waals surface area contributed by atoms with Crippen molar-refractivity contribution in [3.05, 3.63) is 53.6 Å². The number of hydrogen-bond donors (Lipinski definition) is 2. The molecule has 2 aromatic rings. The number of rotatable bonds is 5. The van der Waals surface area contributed by atoms with Crippen LogP contribution in [-0.2, 0) is 14.3 Å². The lowest BCUT2D eigenvalue weighted by Gasteiger charge is -2.34. The summed E-state index contributed by atoms with van der Waals surface area (Å²) in [7, 11) is 0. The number of ether oxygens (including phenoxy) is 3. The van der Waals surface area contributed by atoms with Gasteiger partial charge in [-0.15, -0.1) is 0 Å². The zero-order valence-corrected chi connectivity index (χ0v) is 16.8. The van der Waals surface area contributed by atoms with Crippen LogP contribution in [0.15, 0.2) is 42.5 Å². The van der Waals surface area contributed by atoms with Gasteiger partial charge in [-0.1, -0.05) is 24.3 Å². The fraction of sp³-hybridized carbons (Fsp3) is 0.364. The van der Waals surface area contributed by atoms with Gasteiger partial charge in [-0.25, -0.2) is 0 Å². The summed E-state index contributed by atoms with van der Waals surface area (Å²) in [5.41, 5.74) is 2.50. The second kappa shape index (κ2) is 9.15. The van der Waals surface area contributed by atoms with E-state index in [0.29, 0.717) is 36.9 Å². The first-order valence-electron chi connectivity index (χ1n) is 9.98. The van der Waals surface area contributed by atoms with Gasteiger partial charge in [-0.2, -0.15) is 0 Å². The third-order valence-electron chi connectivity index (χ3n) is 5.32. The van der Waals surface area contributed by atoms with Crippen molar-refractivity contribution >= 4 is 17.5 Å². The minimum absolute atomic E-state index is 0.112. The molecule has 4 rings (SSSR count). The van der Waals surface area contributed by atoms with Gasteiger partial charge in [0.05, 0.1) is 19.3 Å². The number of aryl methyl sites for hydroxylation is 1. The van der Waals surface area contributed by atoms with E-state index in [-0.39, 0.29) is 12.8 Å². The highest BCUT2D eigenvalue weighted by Crippen LogP contribution is 2.35. The molecule has 2 amide bonds. The van der Waals surface area contributed by atoms with E-state index in [2.05, 4.69) is 15.5 Å². The predicted octanol–water partition coefficient (Wildman–Crippen LogP) is 1.85. The van der Waals surface area contributed by atoms with Gasteiger partial charge in [0, 0.05) is 25.3 Å². The van der Waals surface area contributed by atoms with E-state index >= 15 is 0 Å². The van der Waals surface area contributed by atoms with Crippen LogP contribution in [0.4, 0.5) is 5.69 Å². The number of amides is 2. The number of benzene rings is 2. The Balaban J connectivity index is 1.44. The summed E-state index contributed by atoms with van der Waals surface area (Å²) < 4.78 is 16.4. The molecule has 1 unspecified atom stereocenters. The molecule has 2 heterocycles. The van der Waals surface area contributed by atoms with E-state index in [4.69, 9.17) is 14.2 Å². The van der Waals surface area contributed by atoms with Crippen LogP contribution >= 0.6 is 0 Å². The lowest BCUT2D eigenvalue weighted by atomic mass is 10.0. The maximum atomic E-state index is 12.5. The Bertz CT molecular complexity index is 927. The van der Waals surface area contributed by atoms with Crippen LogP contribution in [0.25, 0.3) is 0 Å². The third-order valence-corrected chi connectivity index (χ3v) is 5.32. The van der Waals surface area contributed by atoms with Crippen molar-refractivity contribution in [2.24, 2.45) is 0 Å². The summed E-state index contributed by atoms with van der Waals surface area (Å²) in [4.78, 5) is 27.0. The number of para-hydroxylation sites is 1. The van der Waals surface area contributed by atoms with Crippen LogP contribution < -0.4 is 20.1 Å². The molecule has 2 aliphatic heterocycles. The molecule has 1 fully saturated rings. The number of anilines is 1. The number of nitrogens with zero attached hydrogens (tertiary/aromatic N) is 1. The molecule has 0 bridgehead atoms. The lowest BCUT2D eigenvalue weighted by Crippen LogP contribution is -2.45. The number of nitrogens with one attached hydrogen (secondary N) is 2. The fourth-order valence-corrected chi connectivity index (χ4v) is 3.63. The van der Waals surface area contributed by atoms with E-state index in [1.807, 2.05) is 43.3 Å². The summed E-state index contributed by atoms with van der Waals surface area (Å²) in [6.07, 6.45) is 0. The van der Waals surface area contributed by atoms with E-state index in [9.17, 15) is 9.59 Å². The van der Waals surface area contributed by atoms with Crippen molar-refractivity contribution in [1.82, 2.24) is 10.2 Å². The maximum Gasteiger partial charge on any atom is 0.313 e. The van der Waals surface area contributed by atoms with E-state index in [1.165, 1.54) is 0 Å². The number of morpholine rings is 1. The van der Waals surface area contributed by atoms with Gasteiger partial charge in [0.1, 0.15) is 0 Å². The minimum Gasteiger partial charge on any atom is -0.454 e. The van der Waals surface area contributed by atoms with Gasteiger partial charge >= 0.3 is 11.8 Å². The largest absolute Gasteiger partial charge is 0.454 e. The molecule has 0 aromatic heterocycles. The Labute approximate surface area is 175 Å². The monoisotopic (exact) mass is 411 g/mol. The van der Waals surface area contributed by atoms with Crippen LogP contribution in [0.2, 0.25) is 0 Å². The molecule has 8 nitrogen and oxygen atoms in total. The number of fused-ring (bicyclic) bond motifs is 1. The fourth-order valence-electron chi connectivity index (χ4n) is 3.63. The molecular weight excluding hydrogens is 386 g/mol. The van der Waals surface area contributed by atoms with Crippen LogP contribution in [0, 0.1) is 6.92 Å². The Morgan fingerprint density at radius 1 is 1.03 bits per heavy atom. The quantitative estimate of drug-likeness (QED) is 0.730. The van der Waals surface area contributed by atoms with Crippen molar-refractivity contribution in [2.45, 2.75) is 13.0 Å². The van der Waals surface area contributed by atoms with Crippen LogP contribution in [-0.4, -0.2) is 56.4 Å². The maximum absolute atomic E-state index is 12.5. The van der Waals surface area contributed by atoms with Crippen molar-refractivity contribution in [1.29, 1.82) is 0 Å². The molecular formula is C22H25N3O5. The molecule has 2 N–H and O–H groups in total. The van der Waals surface area contributed by atoms with Gasteiger partial charge in [0.2, 0.25) is 6.79 Å². The van der Waals surface area contributed by atoms with Gasteiger partial charge in [-0.3, -0.25) is 14.5 Å². The number of hydrogen-bond acceptors (Lipinski definition) is 6. The summed E-state index contributed by atoms with van der Waals surface area (Å²) in [6.45, 7) is 5.11. The molecule has 8 heteroatoms. The SMILES string of the molecule is Cc1ccccc1NC(=O)C(=O)NCC(c1ccc2c(c1)OCO2)N1CCOCC1. The van der Waals surface area contributed by atoms with Crippen LogP contribution in [0.1, 0.15) is 17.2 Å². The minimum atomic E-state index is -0.685. The van der Waals surface area contributed by atoms with Crippen LogP contribution in [0.3, 0.4) is 0 Å². The average Bonchev–Trinajstić information content (AvgIpc) is 3.24. The van der Waals surface area contributed by atoms with Crippen molar-refractivity contribution in [3.63, 3.8) is 0 Å². The first-order valence-corrected chi connectivity index (χ1v) is 9.98. The second-order valence-electron chi connectivity index (χ2n) is 7.26. The molecule has 2 aliphatic rings. The molecule has 1 saturated heterocycles. The lowest BCUT2D eigenvalue weighted by molar-refractivity contribution is -0.136. The predicted molar refractivity (Wildman–Crippen MR) is 111 cm³/mol. The van der Waals surface area contributed by atoms with Crippen molar-refractivity contribution in [3.8, 4) is 11.5 Å². The molecule has 30 heavy (non-hydrogen) atoms. The zero-order valence-electron chi connectivity index (χ0n) is 16.8. The molecule has 2 aromatic carbocycles.